The summed E-state index contributed by atoms with van der Waals surface area (Å²) in [6, 6.07) is 3.76. The predicted molar refractivity (Wildman–Crippen MR) is 60.4 cm³/mol. The van der Waals surface area contributed by atoms with Crippen LogP contribution in [0.25, 0.3) is 0 Å². The van der Waals surface area contributed by atoms with Gasteiger partial charge in [-0.3, -0.25) is 0 Å². The molecule has 0 aromatic heterocycles. The highest BCUT2D eigenvalue weighted by atomic mass is 35.5. The number of halogens is 2. The SMILES string of the molecule is Cc1cc(Cl)c(Cl)cc1C1=NNCC1. The van der Waals surface area contributed by atoms with E-state index in [1.807, 2.05) is 19.1 Å². The van der Waals surface area contributed by atoms with Crippen LogP contribution >= 0.6 is 23.2 Å². The molecule has 2 rings (SSSR count). The van der Waals surface area contributed by atoms with E-state index in [1.165, 1.54) is 0 Å². The van der Waals surface area contributed by atoms with Crippen LogP contribution in [0.15, 0.2) is 17.2 Å². The summed E-state index contributed by atoms with van der Waals surface area (Å²) in [4.78, 5) is 0. The van der Waals surface area contributed by atoms with Crippen LogP contribution in [-0.4, -0.2) is 12.3 Å². The molecule has 1 N–H and O–H groups in total. The maximum atomic E-state index is 5.96. The third-order valence-electron chi connectivity index (χ3n) is 2.27. The zero-order chi connectivity index (χ0) is 10.1. The van der Waals surface area contributed by atoms with Crippen LogP contribution in [0.3, 0.4) is 0 Å². The van der Waals surface area contributed by atoms with Crippen molar-refractivity contribution in [3.05, 3.63) is 33.3 Å². The molecule has 1 aromatic carbocycles. The largest absolute Gasteiger partial charge is 0.309 e. The smallest absolute Gasteiger partial charge is 0.0696 e. The van der Waals surface area contributed by atoms with E-state index in [-0.39, 0.29) is 0 Å². The summed E-state index contributed by atoms with van der Waals surface area (Å²) in [5.74, 6) is 0. The summed E-state index contributed by atoms with van der Waals surface area (Å²) in [5, 5.41) is 5.38. The second-order valence-corrected chi connectivity index (χ2v) is 4.11. The molecule has 0 fully saturated rings. The molecule has 0 amide bonds. The number of hydrogen-bond donors (Lipinski definition) is 1. The summed E-state index contributed by atoms with van der Waals surface area (Å²) in [5.41, 5.74) is 6.20. The number of hydrazone groups is 1. The van der Waals surface area contributed by atoms with Crippen molar-refractivity contribution in [2.24, 2.45) is 5.10 Å². The lowest BCUT2D eigenvalue weighted by Gasteiger charge is -2.06. The zero-order valence-electron chi connectivity index (χ0n) is 7.77. The van der Waals surface area contributed by atoms with E-state index < -0.39 is 0 Å². The minimum Gasteiger partial charge on any atom is -0.309 e. The van der Waals surface area contributed by atoms with Gasteiger partial charge in [0.05, 0.1) is 15.8 Å². The van der Waals surface area contributed by atoms with Gasteiger partial charge in [-0.15, -0.1) is 0 Å². The third-order valence-corrected chi connectivity index (χ3v) is 2.99. The van der Waals surface area contributed by atoms with Crippen LogP contribution in [0, 0.1) is 6.92 Å². The molecule has 0 saturated heterocycles. The average molecular weight is 229 g/mol. The molecule has 4 heteroatoms. The van der Waals surface area contributed by atoms with Gasteiger partial charge >= 0.3 is 0 Å². The molecule has 0 saturated carbocycles. The molecule has 0 spiro atoms. The molecule has 0 aliphatic carbocycles. The molecule has 0 bridgehead atoms. The third kappa shape index (κ3) is 1.72. The van der Waals surface area contributed by atoms with Crippen molar-refractivity contribution >= 4 is 28.9 Å². The Morgan fingerprint density at radius 2 is 2.00 bits per heavy atom. The van der Waals surface area contributed by atoms with Crippen molar-refractivity contribution < 1.29 is 0 Å². The van der Waals surface area contributed by atoms with Gasteiger partial charge in [-0.05, 0) is 24.6 Å². The van der Waals surface area contributed by atoms with Crippen molar-refractivity contribution in [3.8, 4) is 0 Å². The fourth-order valence-electron chi connectivity index (χ4n) is 1.53. The summed E-state index contributed by atoms with van der Waals surface area (Å²) < 4.78 is 0. The lowest BCUT2D eigenvalue weighted by Crippen LogP contribution is -2.00. The first-order valence-corrected chi connectivity index (χ1v) is 5.19. The fraction of sp³-hybridized carbons (Fsp3) is 0.300. The van der Waals surface area contributed by atoms with Crippen molar-refractivity contribution in [1.29, 1.82) is 0 Å². The Hall–Kier alpha value is -0.730. The van der Waals surface area contributed by atoms with Gasteiger partial charge in [-0.2, -0.15) is 5.10 Å². The number of hydrogen-bond acceptors (Lipinski definition) is 2. The van der Waals surface area contributed by atoms with Gasteiger partial charge < -0.3 is 5.43 Å². The molecule has 0 atom stereocenters. The van der Waals surface area contributed by atoms with E-state index in [4.69, 9.17) is 23.2 Å². The Morgan fingerprint density at radius 3 is 2.64 bits per heavy atom. The van der Waals surface area contributed by atoms with Crippen LogP contribution in [-0.2, 0) is 0 Å². The molecule has 0 radical (unpaired) electrons. The Morgan fingerprint density at radius 1 is 1.29 bits per heavy atom. The van der Waals surface area contributed by atoms with Crippen molar-refractivity contribution in [3.63, 3.8) is 0 Å². The van der Waals surface area contributed by atoms with Crippen LogP contribution in [0.4, 0.5) is 0 Å². The molecule has 1 aliphatic rings. The predicted octanol–water partition coefficient (Wildman–Crippen LogP) is 3.00. The summed E-state index contributed by atoms with van der Waals surface area (Å²) >= 11 is 11.9. The maximum absolute atomic E-state index is 5.96. The molecular weight excluding hydrogens is 219 g/mol. The molecule has 0 unspecified atom stereocenters. The van der Waals surface area contributed by atoms with Crippen molar-refractivity contribution in [1.82, 2.24) is 5.43 Å². The second kappa shape index (κ2) is 3.79. The average Bonchev–Trinajstić information content (AvgIpc) is 2.64. The topological polar surface area (TPSA) is 24.4 Å². The van der Waals surface area contributed by atoms with E-state index in [1.54, 1.807) is 0 Å². The minimum absolute atomic E-state index is 0.585. The van der Waals surface area contributed by atoms with Gasteiger partial charge in [0, 0.05) is 18.5 Å². The number of rotatable bonds is 1. The Kier molecular flexibility index (Phi) is 2.66. The summed E-state index contributed by atoms with van der Waals surface area (Å²) in [6.07, 6.45) is 0.943. The quantitative estimate of drug-likeness (QED) is 0.786. The number of benzene rings is 1. The molecule has 74 valence electrons. The number of nitrogens with zero attached hydrogens (tertiary/aromatic N) is 1. The fourth-order valence-corrected chi connectivity index (χ4v) is 1.92. The molecule has 2 nitrogen and oxygen atoms in total. The van der Waals surface area contributed by atoms with E-state index >= 15 is 0 Å². The summed E-state index contributed by atoms with van der Waals surface area (Å²) in [6.45, 7) is 2.91. The molecular formula is C10H10Cl2N2. The van der Waals surface area contributed by atoms with Crippen molar-refractivity contribution in [2.75, 3.05) is 6.54 Å². The van der Waals surface area contributed by atoms with E-state index in [0.717, 1.165) is 29.8 Å². The standard InChI is InChI=1S/C10H10Cl2N2/c1-6-4-8(11)9(12)5-7(6)10-2-3-13-14-10/h4-5,13H,2-3H2,1H3. The van der Waals surface area contributed by atoms with Crippen molar-refractivity contribution in [2.45, 2.75) is 13.3 Å². The van der Waals surface area contributed by atoms with Crippen LogP contribution in [0.1, 0.15) is 17.5 Å². The molecule has 1 aliphatic heterocycles. The first-order chi connectivity index (χ1) is 6.68. The van der Waals surface area contributed by atoms with Gasteiger partial charge in [-0.25, -0.2) is 0 Å². The summed E-state index contributed by atoms with van der Waals surface area (Å²) in [7, 11) is 0. The molecule has 14 heavy (non-hydrogen) atoms. The minimum atomic E-state index is 0.585. The van der Waals surface area contributed by atoms with Gasteiger partial charge in [0.2, 0.25) is 0 Å². The van der Waals surface area contributed by atoms with Crippen LogP contribution in [0.2, 0.25) is 10.0 Å². The lowest BCUT2D eigenvalue weighted by atomic mass is 10.0. The van der Waals surface area contributed by atoms with Gasteiger partial charge in [-0.1, -0.05) is 23.2 Å². The van der Waals surface area contributed by atoms with E-state index in [9.17, 15) is 0 Å². The van der Waals surface area contributed by atoms with E-state index in [2.05, 4.69) is 10.5 Å². The monoisotopic (exact) mass is 228 g/mol. The first-order valence-electron chi connectivity index (χ1n) is 4.44. The molecule has 1 aromatic rings. The Bertz CT molecular complexity index is 399. The van der Waals surface area contributed by atoms with Crippen LogP contribution in [0.5, 0.6) is 0 Å². The Balaban J connectivity index is 2.47. The second-order valence-electron chi connectivity index (χ2n) is 3.30. The lowest BCUT2D eigenvalue weighted by molar-refractivity contribution is 0.813. The Labute approximate surface area is 92.9 Å². The highest BCUT2D eigenvalue weighted by Gasteiger charge is 2.13. The highest BCUT2D eigenvalue weighted by molar-refractivity contribution is 6.42. The van der Waals surface area contributed by atoms with E-state index in [0.29, 0.717) is 10.0 Å². The van der Waals surface area contributed by atoms with Gasteiger partial charge in [0.15, 0.2) is 0 Å². The number of aryl methyl sites for hydroxylation is 1. The van der Waals surface area contributed by atoms with Gasteiger partial charge in [0.1, 0.15) is 0 Å². The van der Waals surface area contributed by atoms with Gasteiger partial charge in [0.25, 0.3) is 0 Å². The maximum Gasteiger partial charge on any atom is 0.0696 e. The van der Waals surface area contributed by atoms with Crippen LogP contribution < -0.4 is 5.43 Å². The number of nitrogens with one attached hydrogen (secondary N) is 1. The first kappa shape index (κ1) is 9.81. The zero-order valence-corrected chi connectivity index (χ0v) is 9.28. The molecule has 1 heterocycles. The highest BCUT2D eigenvalue weighted by Crippen LogP contribution is 2.26. The normalized spacial score (nSPS) is 15.2.